The van der Waals surface area contributed by atoms with E-state index in [-0.39, 0.29) is 23.1 Å². The van der Waals surface area contributed by atoms with Crippen LogP contribution in [-0.4, -0.2) is 33.0 Å². The normalized spacial score (nSPS) is 16.8. The van der Waals surface area contributed by atoms with Gasteiger partial charge < -0.3 is 10.2 Å². The molecule has 2 aromatic rings. The number of aryl methyl sites for hydroxylation is 1. The van der Waals surface area contributed by atoms with Crippen LogP contribution in [-0.2, 0) is 25.8 Å². The highest BCUT2D eigenvalue weighted by molar-refractivity contribution is 7.90. The molecule has 154 valence electrons. The van der Waals surface area contributed by atoms with E-state index in [4.69, 9.17) is 0 Å². The molecule has 1 atom stereocenters. The van der Waals surface area contributed by atoms with E-state index in [0.717, 1.165) is 31.2 Å². The summed E-state index contributed by atoms with van der Waals surface area (Å²) in [5.74, 6) is -0.761. The van der Waals surface area contributed by atoms with Crippen LogP contribution in [0.1, 0.15) is 31.7 Å². The van der Waals surface area contributed by atoms with E-state index >= 15 is 0 Å². The summed E-state index contributed by atoms with van der Waals surface area (Å²) in [7, 11) is -3.28. The number of carbonyl (C=O) groups is 2. The van der Waals surface area contributed by atoms with Crippen molar-refractivity contribution in [3.8, 4) is 0 Å². The van der Waals surface area contributed by atoms with E-state index in [0.29, 0.717) is 12.2 Å². The van der Waals surface area contributed by atoms with Crippen LogP contribution in [0.2, 0.25) is 0 Å². The van der Waals surface area contributed by atoms with Gasteiger partial charge in [-0.2, -0.15) is 0 Å². The fraction of sp³-hybridized carbons (Fsp3) is 0.364. The molecule has 2 amide bonds. The summed E-state index contributed by atoms with van der Waals surface area (Å²) >= 11 is 0. The van der Waals surface area contributed by atoms with Crippen molar-refractivity contribution in [2.45, 2.75) is 37.5 Å². The lowest BCUT2D eigenvalue weighted by molar-refractivity contribution is -0.122. The quantitative estimate of drug-likeness (QED) is 0.752. The topological polar surface area (TPSA) is 83.6 Å². The number of amides is 2. The molecule has 0 radical (unpaired) electrons. The molecule has 7 heteroatoms. The molecule has 1 saturated heterocycles. The highest BCUT2D eigenvalue weighted by Crippen LogP contribution is 2.27. The molecular formula is C22H26N2O4S. The van der Waals surface area contributed by atoms with Gasteiger partial charge in [0.2, 0.25) is 11.8 Å². The number of sulfone groups is 1. The molecule has 1 aliphatic rings. The van der Waals surface area contributed by atoms with Crippen molar-refractivity contribution in [3.05, 3.63) is 54.1 Å². The third-order valence-electron chi connectivity index (χ3n) is 5.11. The maximum absolute atomic E-state index is 12.6. The van der Waals surface area contributed by atoms with Gasteiger partial charge in [-0.1, -0.05) is 25.5 Å². The van der Waals surface area contributed by atoms with Crippen LogP contribution in [0.5, 0.6) is 0 Å². The standard InChI is InChI=1S/C22H26N2O4S/c1-3-4-5-16-6-10-19(11-7-16)24-15-17(14-21(24)25)22(26)23-18-8-12-20(13-9-18)29(2,27)28/h6-13,17H,3-5,14-15H2,1-2H3,(H,23,26). The molecule has 1 N–H and O–H groups in total. The smallest absolute Gasteiger partial charge is 0.229 e. The van der Waals surface area contributed by atoms with E-state index in [1.54, 1.807) is 17.0 Å². The second-order valence-corrected chi connectivity index (χ2v) is 9.48. The zero-order chi connectivity index (χ0) is 21.0. The van der Waals surface area contributed by atoms with Crippen molar-refractivity contribution in [1.29, 1.82) is 0 Å². The molecule has 3 rings (SSSR count). The van der Waals surface area contributed by atoms with Crippen molar-refractivity contribution in [2.24, 2.45) is 5.92 Å². The van der Waals surface area contributed by atoms with Gasteiger partial charge in [0.15, 0.2) is 9.84 Å². The number of rotatable bonds is 7. The molecule has 29 heavy (non-hydrogen) atoms. The fourth-order valence-electron chi connectivity index (χ4n) is 3.39. The van der Waals surface area contributed by atoms with Crippen LogP contribution in [0.25, 0.3) is 0 Å². The van der Waals surface area contributed by atoms with Crippen molar-refractivity contribution in [3.63, 3.8) is 0 Å². The first-order chi connectivity index (χ1) is 13.8. The highest BCUT2D eigenvalue weighted by Gasteiger charge is 2.35. The second-order valence-electron chi connectivity index (χ2n) is 7.46. The Kier molecular flexibility index (Phi) is 6.37. The van der Waals surface area contributed by atoms with Gasteiger partial charge >= 0.3 is 0 Å². The number of hydrogen-bond acceptors (Lipinski definition) is 4. The molecule has 1 heterocycles. The number of unbranched alkanes of at least 4 members (excludes halogenated alkanes) is 1. The summed E-state index contributed by atoms with van der Waals surface area (Å²) in [5, 5.41) is 2.77. The van der Waals surface area contributed by atoms with E-state index in [2.05, 4.69) is 12.2 Å². The van der Waals surface area contributed by atoms with Gasteiger partial charge in [0.25, 0.3) is 0 Å². The lowest BCUT2D eigenvalue weighted by atomic mass is 10.1. The van der Waals surface area contributed by atoms with Gasteiger partial charge in [0.1, 0.15) is 0 Å². The van der Waals surface area contributed by atoms with Gasteiger partial charge in [-0.3, -0.25) is 9.59 Å². The summed E-state index contributed by atoms with van der Waals surface area (Å²) in [6.45, 7) is 2.49. The zero-order valence-corrected chi connectivity index (χ0v) is 17.5. The fourth-order valence-corrected chi connectivity index (χ4v) is 4.02. The van der Waals surface area contributed by atoms with E-state index in [1.807, 2.05) is 24.3 Å². The van der Waals surface area contributed by atoms with E-state index in [1.165, 1.54) is 17.7 Å². The molecule has 0 aromatic heterocycles. The average molecular weight is 415 g/mol. The van der Waals surface area contributed by atoms with E-state index in [9.17, 15) is 18.0 Å². The molecule has 0 bridgehead atoms. The summed E-state index contributed by atoms with van der Waals surface area (Å²) in [4.78, 5) is 26.9. The van der Waals surface area contributed by atoms with Crippen LogP contribution in [0, 0.1) is 5.92 Å². The van der Waals surface area contributed by atoms with E-state index < -0.39 is 15.8 Å². The van der Waals surface area contributed by atoms with Crippen LogP contribution in [0.15, 0.2) is 53.4 Å². The highest BCUT2D eigenvalue weighted by atomic mass is 32.2. The van der Waals surface area contributed by atoms with Gasteiger partial charge in [-0.15, -0.1) is 0 Å². The minimum absolute atomic E-state index is 0.0705. The van der Waals surface area contributed by atoms with Gasteiger partial charge in [-0.25, -0.2) is 8.42 Å². The minimum Gasteiger partial charge on any atom is -0.326 e. The third kappa shape index (κ3) is 5.23. The molecular weight excluding hydrogens is 388 g/mol. The van der Waals surface area contributed by atoms with Crippen molar-refractivity contribution in [1.82, 2.24) is 0 Å². The Labute approximate surface area is 171 Å². The van der Waals surface area contributed by atoms with Crippen LogP contribution >= 0.6 is 0 Å². The molecule has 0 saturated carbocycles. The predicted molar refractivity (Wildman–Crippen MR) is 114 cm³/mol. The Bertz CT molecular complexity index is 982. The molecule has 1 aliphatic heterocycles. The average Bonchev–Trinajstić information content (AvgIpc) is 3.08. The Hall–Kier alpha value is -2.67. The minimum atomic E-state index is -3.28. The lowest BCUT2D eigenvalue weighted by Gasteiger charge is -2.17. The molecule has 1 fully saturated rings. The number of hydrogen-bond donors (Lipinski definition) is 1. The summed E-state index contributed by atoms with van der Waals surface area (Å²) < 4.78 is 23.0. The Morgan fingerprint density at radius 3 is 2.34 bits per heavy atom. The Morgan fingerprint density at radius 1 is 1.10 bits per heavy atom. The predicted octanol–water partition coefficient (Wildman–Crippen LogP) is 3.42. The molecule has 0 aliphatic carbocycles. The first-order valence-corrected chi connectivity index (χ1v) is 11.7. The largest absolute Gasteiger partial charge is 0.326 e. The maximum atomic E-state index is 12.6. The molecule has 1 unspecified atom stereocenters. The van der Waals surface area contributed by atoms with Crippen LogP contribution in [0.4, 0.5) is 11.4 Å². The number of benzene rings is 2. The third-order valence-corrected chi connectivity index (χ3v) is 6.24. The maximum Gasteiger partial charge on any atom is 0.229 e. The van der Waals surface area contributed by atoms with Crippen molar-refractivity contribution < 1.29 is 18.0 Å². The van der Waals surface area contributed by atoms with Crippen LogP contribution < -0.4 is 10.2 Å². The molecule has 0 spiro atoms. The second kappa shape index (κ2) is 8.78. The number of nitrogens with zero attached hydrogens (tertiary/aromatic N) is 1. The monoisotopic (exact) mass is 414 g/mol. The van der Waals surface area contributed by atoms with Crippen molar-refractivity contribution >= 4 is 33.0 Å². The summed E-state index contributed by atoms with van der Waals surface area (Å²) in [6.07, 6.45) is 4.59. The van der Waals surface area contributed by atoms with Crippen LogP contribution in [0.3, 0.4) is 0 Å². The zero-order valence-electron chi connectivity index (χ0n) is 16.7. The van der Waals surface area contributed by atoms with Gasteiger partial charge in [0, 0.05) is 30.6 Å². The number of anilines is 2. The summed E-state index contributed by atoms with van der Waals surface area (Å²) in [6, 6.07) is 14.0. The number of nitrogens with one attached hydrogen (secondary N) is 1. The molecule has 6 nitrogen and oxygen atoms in total. The van der Waals surface area contributed by atoms with Crippen molar-refractivity contribution in [2.75, 3.05) is 23.0 Å². The summed E-state index contributed by atoms with van der Waals surface area (Å²) in [5.41, 5.74) is 2.56. The Balaban J connectivity index is 1.62. The van der Waals surface area contributed by atoms with Gasteiger partial charge in [0.05, 0.1) is 10.8 Å². The SMILES string of the molecule is CCCCc1ccc(N2CC(C(=O)Nc3ccc(S(C)(=O)=O)cc3)CC2=O)cc1. The lowest BCUT2D eigenvalue weighted by Crippen LogP contribution is -2.28. The number of carbonyl (C=O) groups excluding carboxylic acids is 2. The molecule has 2 aromatic carbocycles. The first kappa shape index (κ1) is 21.0. The Morgan fingerprint density at radius 2 is 1.76 bits per heavy atom. The van der Waals surface area contributed by atoms with Gasteiger partial charge in [-0.05, 0) is 54.8 Å². The first-order valence-electron chi connectivity index (χ1n) is 9.78.